The van der Waals surface area contributed by atoms with Crippen LogP contribution in [0.3, 0.4) is 0 Å². The first-order chi connectivity index (χ1) is 14.1. The number of carbonyl (C=O) groups excluding carboxylic acids is 1. The highest BCUT2D eigenvalue weighted by molar-refractivity contribution is 6.03. The first-order valence-corrected chi connectivity index (χ1v) is 9.60. The molecule has 0 radical (unpaired) electrons. The molecule has 0 aliphatic carbocycles. The molecule has 0 bridgehead atoms. The second kappa shape index (κ2) is 8.14. The van der Waals surface area contributed by atoms with Gasteiger partial charge in [0, 0.05) is 35.5 Å². The van der Waals surface area contributed by atoms with Gasteiger partial charge in [-0.15, -0.1) is 0 Å². The number of rotatable bonds is 6. The fraction of sp³-hybridized carbons (Fsp3) is 0.174. The highest BCUT2D eigenvalue weighted by atomic mass is 16.1. The molecule has 2 aromatic heterocycles. The molecule has 3 N–H and O–H groups in total. The third kappa shape index (κ3) is 4.43. The SMILES string of the molecule is Cc1cc(C)cc(NC(=O)c2ccnc(NCCc3c[nH]c4ccccc34)n2)c1. The molecule has 1 amide bonds. The molecule has 146 valence electrons. The topological polar surface area (TPSA) is 82.7 Å². The summed E-state index contributed by atoms with van der Waals surface area (Å²) in [5, 5.41) is 7.33. The molecule has 0 saturated carbocycles. The van der Waals surface area contributed by atoms with Crippen LogP contribution in [0.5, 0.6) is 0 Å². The zero-order chi connectivity index (χ0) is 20.2. The largest absolute Gasteiger partial charge is 0.361 e. The molecular formula is C23H23N5O. The van der Waals surface area contributed by atoms with Gasteiger partial charge in [0.15, 0.2) is 0 Å². The minimum Gasteiger partial charge on any atom is -0.361 e. The van der Waals surface area contributed by atoms with Crippen molar-refractivity contribution >= 4 is 28.4 Å². The highest BCUT2D eigenvalue weighted by Gasteiger charge is 2.10. The minimum atomic E-state index is -0.253. The van der Waals surface area contributed by atoms with E-state index in [-0.39, 0.29) is 5.91 Å². The number of H-pyrrole nitrogens is 1. The van der Waals surface area contributed by atoms with E-state index in [4.69, 9.17) is 0 Å². The molecular weight excluding hydrogens is 362 g/mol. The summed E-state index contributed by atoms with van der Waals surface area (Å²) in [7, 11) is 0. The van der Waals surface area contributed by atoms with Crippen molar-refractivity contribution in [3.63, 3.8) is 0 Å². The summed E-state index contributed by atoms with van der Waals surface area (Å²) in [5.41, 5.74) is 5.65. The van der Waals surface area contributed by atoms with Crippen LogP contribution in [0.1, 0.15) is 27.2 Å². The molecule has 4 aromatic rings. The van der Waals surface area contributed by atoms with E-state index in [0.29, 0.717) is 18.2 Å². The van der Waals surface area contributed by atoms with Gasteiger partial charge in [-0.1, -0.05) is 24.3 Å². The number of amides is 1. The lowest BCUT2D eigenvalue weighted by Gasteiger charge is -2.09. The van der Waals surface area contributed by atoms with Gasteiger partial charge < -0.3 is 15.6 Å². The molecule has 6 heteroatoms. The second-order valence-electron chi connectivity index (χ2n) is 7.13. The van der Waals surface area contributed by atoms with Gasteiger partial charge in [0.2, 0.25) is 5.95 Å². The molecule has 2 heterocycles. The number of aromatic nitrogens is 3. The van der Waals surface area contributed by atoms with Gasteiger partial charge in [-0.05, 0) is 61.2 Å². The van der Waals surface area contributed by atoms with E-state index in [0.717, 1.165) is 28.8 Å². The summed E-state index contributed by atoms with van der Waals surface area (Å²) < 4.78 is 0. The number of nitrogens with zero attached hydrogens (tertiary/aromatic N) is 2. The number of aryl methyl sites for hydroxylation is 2. The Hall–Kier alpha value is -3.67. The van der Waals surface area contributed by atoms with Crippen molar-refractivity contribution in [2.75, 3.05) is 17.2 Å². The lowest BCUT2D eigenvalue weighted by Crippen LogP contribution is -2.16. The van der Waals surface area contributed by atoms with Crippen molar-refractivity contribution in [3.05, 3.63) is 83.3 Å². The van der Waals surface area contributed by atoms with Crippen LogP contribution < -0.4 is 10.6 Å². The number of carbonyl (C=O) groups is 1. The first kappa shape index (κ1) is 18.7. The van der Waals surface area contributed by atoms with Crippen LogP contribution in [0, 0.1) is 13.8 Å². The van der Waals surface area contributed by atoms with E-state index in [1.807, 2.05) is 44.3 Å². The van der Waals surface area contributed by atoms with E-state index in [9.17, 15) is 4.79 Å². The summed E-state index contributed by atoms with van der Waals surface area (Å²) in [4.78, 5) is 24.4. The number of benzene rings is 2. The van der Waals surface area contributed by atoms with Crippen LogP contribution in [0.4, 0.5) is 11.6 Å². The number of aromatic amines is 1. The Morgan fingerprint density at radius 3 is 2.69 bits per heavy atom. The number of para-hydroxylation sites is 1. The Morgan fingerprint density at radius 1 is 1.07 bits per heavy atom. The van der Waals surface area contributed by atoms with Gasteiger partial charge >= 0.3 is 0 Å². The quantitative estimate of drug-likeness (QED) is 0.457. The fourth-order valence-corrected chi connectivity index (χ4v) is 3.46. The van der Waals surface area contributed by atoms with E-state index in [1.54, 1.807) is 12.3 Å². The van der Waals surface area contributed by atoms with E-state index in [1.165, 1.54) is 10.9 Å². The van der Waals surface area contributed by atoms with Crippen molar-refractivity contribution in [1.29, 1.82) is 0 Å². The van der Waals surface area contributed by atoms with Crippen LogP contribution >= 0.6 is 0 Å². The van der Waals surface area contributed by atoms with Crippen molar-refractivity contribution in [1.82, 2.24) is 15.0 Å². The summed E-state index contributed by atoms with van der Waals surface area (Å²) >= 11 is 0. The number of hydrogen-bond donors (Lipinski definition) is 3. The predicted molar refractivity (Wildman–Crippen MR) is 116 cm³/mol. The number of fused-ring (bicyclic) bond motifs is 1. The van der Waals surface area contributed by atoms with Crippen LogP contribution in [-0.4, -0.2) is 27.4 Å². The number of anilines is 2. The van der Waals surface area contributed by atoms with Crippen molar-refractivity contribution in [3.8, 4) is 0 Å². The molecule has 0 saturated heterocycles. The maximum Gasteiger partial charge on any atom is 0.274 e. The van der Waals surface area contributed by atoms with E-state index >= 15 is 0 Å². The molecule has 4 rings (SSSR count). The smallest absolute Gasteiger partial charge is 0.274 e. The Balaban J connectivity index is 1.39. The van der Waals surface area contributed by atoms with E-state index in [2.05, 4.69) is 43.8 Å². The lowest BCUT2D eigenvalue weighted by molar-refractivity contribution is 0.102. The zero-order valence-electron chi connectivity index (χ0n) is 16.5. The predicted octanol–water partition coefficient (Wildman–Crippen LogP) is 4.48. The summed E-state index contributed by atoms with van der Waals surface area (Å²) in [5.74, 6) is 0.190. The summed E-state index contributed by atoms with van der Waals surface area (Å²) in [6.45, 7) is 4.68. The van der Waals surface area contributed by atoms with Gasteiger partial charge in [-0.25, -0.2) is 9.97 Å². The van der Waals surface area contributed by atoms with Gasteiger partial charge in [0.1, 0.15) is 5.69 Å². The average Bonchev–Trinajstić information content (AvgIpc) is 3.11. The fourth-order valence-electron chi connectivity index (χ4n) is 3.46. The molecule has 6 nitrogen and oxygen atoms in total. The molecule has 2 aromatic carbocycles. The van der Waals surface area contributed by atoms with Crippen molar-refractivity contribution in [2.45, 2.75) is 20.3 Å². The summed E-state index contributed by atoms with van der Waals surface area (Å²) in [6.07, 6.45) is 4.45. The zero-order valence-corrected chi connectivity index (χ0v) is 16.5. The normalized spacial score (nSPS) is 10.8. The maximum atomic E-state index is 12.6. The highest BCUT2D eigenvalue weighted by Crippen LogP contribution is 2.18. The Bertz CT molecular complexity index is 1140. The number of hydrogen-bond acceptors (Lipinski definition) is 4. The summed E-state index contributed by atoms with van der Waals surface area (Å²) in [6, 6.07) is 15.8. The molecule has 29 heavy (non-hydrogen) atoms. The van der Waals surface area contributed by atoms with Crippen molar-refractivity contribution < 1.29 is 4.79 Å². The third-order valence-electron chi connectivity index (χ3n) is 4.72. The standard InChI is InChI=1S/C23H23N5O/c1-15-11-16(2)13-18(12-15)27-22(29)21-8-10-25-23(28-21)24-9-7-17-14-26-20-6-4-3-5-19(17)20/h3-6,8,10-14,26H,7,9H2,1-2H3,(H,27,29)(H,24,25,28). The van der Waals surface area contributed by atoms with Gasteiger partial charge in [-0.3, -0.25) is 4.79 Å². The lowest BCUT2D eigenvalue weighted by atomic mass is 10.1. The van der Waals surface area contributed by atoms with Crippen LogP contribution in [0.2, 0.25) is 0 Å². The van der Waals surface area contributed by atoms with Crippen molar-refractivity contribution in [2.24, 2.45) is 0 Å². The van der Waals surface area contributed by atoms with Gasteiger partial charge in [0.25, 0.3) is 5.91 Å². The van der Waals surface area contributed by atoms with Crippen LogP contribution in [-0.2, 0) is 6.42 Å². The Morgan fingerprint density at radius 2 is 1.86 bits per heavy atom. The molecule has 0 aliphatic heterocycles. The first-order valence-electron chi connectivity index (χ1n) is 9.60. The molecule has 0 unspecified atom stereocenters. The monoisotopic (exact) mass is 385 g/mol. The third-order valence-corrected chi connectivity index (χ3v) is 4.72. The van der Waals surface area contributed by atoms with Crippen LogP contribution in [0.25, 0.3) is 10.9 Å². The Kier molecular flexibility index (Phi) is 5.24. The maximum absolute atomic E-state index is 12.6. The molecule has 0 fully saturated rings. The molecule has 0 atom stereocenters. The van der Waals surface area contributed by atoms with Gasteiger partial charge in [0.05, 0.1) is 0 Å². The Labute approximate surface area is 169 Å². The van der Waals surface area contributed by atoms with Gasteiger partial charge in [-0.2, -0.15) is 0 Å². The number of nitrogens with one attached hydrogen (secondary N) is 3. The van der Waals surface area contributed by atoms with E-state index < -0.39 is 0 Å². The molecule has 0 spiro atoms. The second-order valence-corrected chi connectivity index (χ2v) is 7.13. The average molecular weight is 385 g/mol. The van der Waals surface area contributed by atoms with Crippen LogP contribution in [0.15, 0.2) is 60.9 Å². The molecule has 0 aliphatic rings. The minimum absolute atomic E-state index is 0.253.